The second-order valence-corrected chi connectivity index (χ2v) is 6.36. The summed E-state index contributed by atoms with van der Waals surface area (Å²) in [4.78, 5) is 36.0. The maximum absolute atomic E-state index is 12.4. The number of hydrogen-bond acceptors (Lipinski definition) is 7. The number of carbonyl (C=O) groups excluding carboxylic acids is 3. The van der Waals surface area contributed by atoms with Crippen molar-refractivity contribution in [2.45, 2.75) is 19.4 Å². The third-order valence-corrected chi connectivity index (χ3v) is 4.11. The Labute approximate surface area is 172 Å². The van der Waals surface area contributed by atoms with Gasteiger partial charge in [0.1, 0.15) is 19.6 Å². The Morgan fingerprint density at radius 2 is 1.70 bits per heavy atom. The van der Waals surface area contributed by atoms with E-state index in [1.807, 2.05) is 0 Å². The van der Waals surface area contributed by atoms with Gasteiger partial charge in [-0.2, -0.15) is 5.26 Å². The van der Waals surface area contributed by atoms with Crippen LogP contribution in [0.1, 0.15) is 23.7 Å². The topological polar surface area (TPSA) is 127 Å². The van der Waals surface area contributed by atoms with E-state index in [1.165, 1.54) is 31.2 Å². The van der Waals surface area contributed by atoms with E-state index in [-0.39, 0.29) is 12.0 Å². The molecule has 0 radical (unpaired) electrons. The molecule has 0 saturated carbocycles. The second kappa shape index (κ2) is 9.43. The summed E-state index contributed by atoms with van der Waals surface area (Å²) < 4.78 is 16.1. The van der Waals surface area contributed by atoms with Gasteiger partial charge in [-0.05, 0) is 43.3 Å². The van der Waals surface area contributed by atoms with E-state index in [0.717, 1.165) is 0 Å². The van der Waals surface area contributed by atoms with Crippen LogP contribution >= 0.6 is 0 Å². The molecule has 0 fully saturated rings. The molecule has 2 aromatic rings. The van der Waals surface area contributed by atoms with Crippen LogP contribution in [-0.4, -0.2) is 37.1 Å². The van der Waals surface area contributed by atoms with Crippen molar-refractivity contribution in [1.82, 2.24) is 0 Å². The Morgan fingerprint density at radius 1 is 1.03 bits per heavy atom. The number of nitrogens with zero attached hydrogens (tertiary/aromatic N) is 1. The van der Waals surface area contributed by atoms with Gasteiger partial charge in [-0.15, -0.1) is 0 Å². The van der Waals surface area contributed by atoms with E-state index in [0.29, 0.717) is 36.1 Å². The fourth-order valence-corrected chi connectivity index (χ4v) is 2.61. The number of anilines is 2. The first-order valence-electron chi connectivity index (χ1n) is 9.14. The molecular weight excluding hydrogens is 390 g/mol. The summed E-state index contributed by atoms with van der Waals surface area (Å²) in [7, 11) is 0. The number of rotatable bonds is 6. The minimum Gasteiger partial charge on any atom is -0.486 e. The van der Waals surface area contributed by atoms with Gasteiger partial charge in [0.15, 0.2) is 17.6 Å². The van der Waals surface area contributed by atoms with Crippen LogP contribution in [0.3, 0.4) is 0 Å². The van der Waals surface area contributed by atoms with Crippen molar-refractivity contribution in [3.8, 4) is 17.6 Å². The molecular formula is C21H19N3O6. The number of ether oxygens (including phenoxy) is 3. The van der Waals surface area contributed by atoms with Gasteiger partial charge in [-0.25, -0.2) is 4.79 Å². The lowest BCUT2D eigenvalue weighted by molar-refractivity contribution is -0.123. The molecule has 2 N–H and O–H groups in total. The number of nitrogens with one attached hydrogen (secondary N) is 2. The highest BCUT2D eigenvalue weighted by Gasteiger charge is 2.20. The standard InChI is InChI=1S/C21H19N3O6/c1-13(20(26)24-16-6-7-17-18(12-16)29-11-10-28-17)30-21(27)14-2-4-15(5-3-14)23-19(25)8-9-22/h2-7,12-13H,8,10-11H2,1H3,(H,23,25)(H,24,26)/t13-/m1/s1. The molecule has 0 aliphatic carbocycles. The number of nitriles is 1. The number of esters is 1. The highest BCUT2D eigenvalue weighted by molar-refractivity contribution is 5.98. The van der Waals surface area contributed by atoms with Crippen molar-refractivity contribution in [3.05, 3.63) is 48.0 Å². The van der Waals surface area contributed by atoms with Crippen LogP contribution in [0.15, 0.2) is 42.5 Å². The molecule has 1 heterocycles. The molecule has 1 aliphatic heterocycles. The van der Waals surface area contributed by atoms with Crippen LogP contribution in [0, 0.1) is 11.3 Å². The molecule has 154 valence electrons. The van der Waals surface area contributed by atoms with Gasteiger partial charge in [0.25, 0.3) is 5.91 Å². The minimum atomic E-state index is -1.04. The predicted molar refractivity (Wildman–Crippen MR) is 106 cm³/mol. The van der Waals surface area contributed by atoms with Crippen molar-refractivity contribution in [3.63, 3.8) is 0 Å². The first-order chi connectivity index (χ1) is 14.5. The predicted octanol–water partition coefficient (Wildman–Crippen LogP) is 2.49. The molecule has 1 aliphatic rings. The number of amides is 2. The van der Waals surface area contributed by atoms with Gasteiger partial charge < -0.3 is 24.8 Å². The van der Waals surface area contributed by atoms with Gasteiger partial charge in [0.05, 0.1) is 11.6 Å². The Kier molecular flexibility index (Phi) is 6.49. The van der Waals surface area contributed by atoms with Gasteiger partial charge in [-0.3, -0.25) is 9.59 Å². The minimum absolute atomic E-state index is 0.215. The van der Waals surface area contributed by atoms with E-state index in [9.17, 15) is 14.4 Å². The molecule has 0 bridgehead atoms. The zero-order valence-corrected chi connectivity index (χ0v) is 16.1. The lowest BCUT2D eigenvalue weighted by atomic mass is 10.2. The van der Waals surface area contributed by atoms with E-state index in [1.54, 1.807) is 24.3 Å². The van der Waals surface area contributed by atoms with Crippen molar-refractivity contribution in [2.24, 2.45) is 0 Å². The fourth-order valence-electron chi connectivity index (χ4n) is 2.61. The molecule has 9 nitrogen and oxygen atoms in total. The smallest absolute Gasteiger partial charge is 0.338 e. The van der Waals surface area contributed by atoms with E-state index in [2.05, 4.69) is 10.6 Å². The Morgan fingerprint density at radius 3 is 2.40 bits per heavy atom. The zero-order chi connectivity index (χ0) is 21.5. The van der Waals surface area contributed by atoms with E-state index < -0.39 is 23.9 Å². The van der Waals surface area contributed by atoms with Crippen LogP contribution in [-0.2, 0) is 14.3 Å². The van der Waals surface area contributed by atoms with Gasteiger partial charge in [-0.1, -0.05) is 0 Å². The van der Waals surface area contributed by atoms with Gasteiger partial charge in [0.2, 0.25) is 5.91 Å². The zero-order valence-electron chi connectivity index (χ0n) is 16.1. The summed E-state index contributed by atoms with van der Waals surface area (Å²) in [5, 5.41) is 13.7. The number of fused-ring (bicyclic) bond motifs is 1. The highest BCUT2D eigenvalue weighted by Crippen LogP contribution is 2.32. The largest absolute Gasteiger partial charge is 0.486 e. The first-order valence-corrected chi connectivity index (χ1v) is 9.14. The van der Waals surface area contributed by atoms with E-state index in [4.69, 9.17) is 19.5 Å². The summed E-state index contributed by atoms with van der Waals surface area (Å²) in [5.74, 6) is -0.496. The summed E-state index contributed by atoms with van der Waals surface area (Å²) in [5.41, 5.74) is 1.15. The summed E-state index contributed by atoms with van der Waals surface area (Å²) in [6, 6.07) is 12.7. The maximum atomic E-state index is 12.4. The molecule has 0 unspecified atom stereocenters. The normalized spacial score (nSPS) is 12.8. The molecule has 30 heavy (non-hydrogen) atoms. The fraction of sp³-hybridized carbons (Fsp3) is 0.238. The SMILES string of the molecule is C[C@@H](OC(=O)c1ccc(NC(=O)CC#N)cc1)C(=O)Nc1ccc2c(c1)OCCO2. The monoisotopic (exact) mass is 409 g/mol. The number of hydrogen-bond donors (Lipinski definition) is 2. The van der Waals surface area contributed by atoms with Crippen molar-refractivity contribution >= 4 is 29.2 Å². The molecule has 2 amide bonds. The molecule has 3 rings (SSSR count). The van der Waals surface area contributed by atoms with Crippen LogP contribution < -0.4 is 20.1 Å². The average Bonchev–Trinajstić information content (AvgIpc) is 2.74. The number of benzene rings is 2. The van der Waals surface area contributed by atoms with Crippen LogP contribution in [0.4, 0.5) is 11.4 Å². The molecule has 0 spiro atoms. The Balaban J connectivity index is 1.55. The molecule has 0 aromatic heterocycles. The average molecular weight is 409 g/mol. The lowest BCUT2D eigenvalue weighted by Gasteiger charge is -2.19. The van der Waals surface area contributed by atoms with Crippen molar-refractivity contribution in [2.75, 3.05) is 23.8 Å². The van der Waals surface area contributed by atoms with Crippen LogP contribution in [0.25, 0.3) is 0 Å². The number of carbonyl (C=O) groups is 3. The Hall–Kier alpha value is -4.06. The third-order valence-electron chi connectivity index (χ3n) is 4.11. The summed E-state index contributed by atoms with van der Waals surface area (Å²) in [6.07, 6.45) is -1.31. The molecule has 0 saturated heterocycles. The molecule has 1 atom stereocenters. The summed E-state index contributed by atoms with van der Waals surface area (Å²) in [6.45, 7) is 2.36. The third kappa shape index (κ3) is 5.26. The lowest BCUT2D eigenvalue weighted by Crippen LogP contribution is -2.30. The quantitative estimate of drug-likeness (QED) is 0.702. The first kappa shape index (κ1) is 20.7. The van der Waals surface area contributed by atoms with Gasteiger partial charge in [0, 0.05) is 17.4 Å². The highest BCUT2D eigenvalue weighted by atomic mass is 16.6. The van der Waals surface area contributed by atoms with Gasteiger partial charge >= 0.3 is 5.97 Å². The Bertz CT molecular complexity index is 997. The maximum Gasteiger partial charge on any atom is 0.338 e. The van der Waals surface area contributed by atoms with Crippen molar-refractivity contribution < 1.29 is 28.6 Å². The van der Waals surface area contributed by atoms with Crippen LogP contribution in [0.2, 0.25) is 0 Å². The second-order valence-electron chi connectivity index (χ2n) is 6.36. The summed E-state index contributed by atoms with van der Waals surface area (Å²) >= 11 is 0. The van der Waals surface area contributed by atoms with Crippen LogP contribution in [0.5, 0.6) is 11.5 Å². The molecule has 9 heteroatoms. The van der Waals surface area contributed by atoms with Crippen molar-refractivity contribution in [1.29, 1.82) is 5.26 Å². The molecule has 2 aromatic carbocycles. The van der Waals surface area contributed by atoms with E-state index >= 15 is 0 Å².